The van der Waals surface area contributed by atoms with Crippen molar-refractivity contribution in [2.45, 2.75) is 10.8 Å². The fraction of sp³-hybridized carbons (Fsp3) is 0.143. The molecule has 0 aliphatic rings. The number of benzene rings is 1. The first-order valence-corrected chi connectivity index (χ1v) is 6.98. The summed E-state index contributed by atoms with van der Waals surface area (Å²) in [6.07, 6.45) is 1.69. The van der Waals surface area contributed by atoms with Crippen molar-refractivity contribution in [3.63, 3.8) is 0 Å². The van der Waals surface area contributed by atoms with Gasteiger partial charge in [0.05, 0.1) is 17.7 Å². The standard InChI is InChI=1S/C14H12ClNO2S/c1-18-14(17)11-6-3-2-5-10(11)9-19-13-12(15)7-4-8-16-13/h2-8H,9H2,1H3. The molecule has 0 N–H and O–H groups in total. The number of methoxy groups -OCH3 is 1. The quantitative estimate of drug-likeness (QED) is 0.635. The number of ether oxygens (including phenoxy) is 1. The van der Waals surface area contributed by atoms with Crippen molar-refractivity contribution in [2.24, 2.45) is 0 Å². The Morgan fingerprint density at radius 3 is 2.84 bits per heavy atom. The van der Waals surface area contributed by atoms with E-state index in [1.165, 1.54) is 18.9 Å². The summed E-state index contributed by atoms with van der Waals surface area (Å²) in [5.74, 6) is 0.283. The number of carbonyl (C=O) groups is 1. The molecule has 3 nitrogen and oxygen atoms in total. The van der Waals surface area contributed by atoms with Crippen molar-refractivity contribution in [3.05, 3.63) is 58.7 Å². The molecule has 0 amide bonds. The SMILES string of the molecule is COC(=O)c1ccccc1CSc1ncccc1Cl. The van der Waals surface area contributed by atoms with Gasteiger partial charge in [0.15, 0.2) is 0 Å². The minimum absolute atomic E-state index is 0.330. The molecule has 0 radical (unpaired) electrons. The maximum absolute atomic E-state index is 11.6. The van der Waals surface area contributed by atoms with Crippen LogP contribution in [0.4, 0.5) is 0 Å². The summed E-state index contributed by atoms with van der Waals surface area (Å²) < 4.78 is 4.76. The number of halogens is 1. The number of aromatic nitrogens is 1. The Bertz CT molecular complexity index is 589. The fourth-order valence-corrected chi connectivity index (χ4v) is 2.75. The maximum atomic E-state index is 11.6. The Balaban J connectivity index is 2.16. The Kier molecular flexibility index (Phi) is 4.82. The molecule has 0 aliphatic carbocycles. The third kappa shape index (κ3) is 3.49. The molecular weight excluding hydrogens is 282 g/mol. The van der Waals surface area contributed by atoms with E-state index in [-0.39, 0.29) is 5.97 Å². The number of pyridine rings is 1. The van der Waals surface area contributed by atoms with Crippen LogP contribution in [0.25, 0.3) is 0 Å². The first-order valence-electron chi connectivity index (χ1n) is 5.62. The Morgan fingerprint density at radius 1 is 1.32 bits per heavy atom. The van der Waals surface area contributed by atoms with Crippen LogP contribution in [0.15, 0.2) is 47.6 Å². The van der Waals surface area contributed by atoms with E-state index in [4.69, 9.17) is 16.3 Å². The highest BCUT2D eigenvalue weighted by molar-refractivity contribution is 7.98. The molecule has 0 bridgehead atoms. The van der Waals surface area contributed by atoms with E-state index in [0.717, 1.165) is 10.6 Å². The highest BCUT2D eigenvalue weighted by atomic mass is 35.5. The highest BCUT2D eigenvalue weighted by Gasteiger charge is 2.11. The molecule has 1 aromatic heterocycles. The van der Waals surface area contributed by atoms with Gasteiger partial charge in [0.25, 0.3) is 0 Å². The average Bonchev–Trinajstić information content (AvgIpc) is 2.46. The third-order valence-corrected chi connectivity index (χ3v) is 3.98. The number of esters is 1. The molecule has 98 valence electrons. The molecule has 0 aliphatic heterocycles. The minimum Gasteiger partial charge on any atom is -0.465 e. The molecular formula is C14H12ClNO2S. The van der Waals surface area contributed by atoms with E-state index in [1.54, 1.807) is 24.4 Å². The lowest BCUT2D eigenvalue weighted by molar-refractivity contribution is 0.0600. The van der Waals surface area contributed by atoms with Gasteiger partial charge in [-0.2, -0.15) is 0 Å². The lowest BCUT2D eigenvalue weighted by atomic mass is 10.1. The highest BCUT2D eigenvalue weighted by Crippen LogP contribution is 2.28. The lowest BCUT2D eigenvalue weighted by Crippen LogP contribution is -2.04. The monoisotopic (exact) mass is 293 g/mol. The minimum atomic E-state index is -0.330. The van der Waals surface area contributed by atoms with Gasteiger partial charge < -0.3 is 4.74 Å². The lowest BCUT2D eigenvalue weighted by Gasteiger charge is -2.07. The van der Waals surface area contributed by atoms with E-state index in [9.17, 15) is 4.79 Å². The van der Waals surface area contributed by atoms with Crippen molar-refractivity contribution in [2.75, 3.05) is 7.11 Å². The van der Waals surface area contributed by atoms with Crippen LogP contribution in [-0.4, -0.2) is 18.1 Å². The van der Waals surface area contributed by atoms with Crippen LogP contribution in [0.2, 0.25) is 5.02 Å². The van der Waals surface area contributed by atoms with E-state index < -0.39 is 0 Å². The van der Waals surface area contributed by atoms with Gasteiger partial charge in [0.2, 0.25) is 0 Å². The first kappa shape index (κ1) is 13.9. The topological polar surface area (TPSA) is 39.2 Å². The summed E-state index contributed by atoms with van der Waals surface area (Å²) in [4.78, 5) is 15.8. The van der Waals surface area contributed by atoms with Crippen LogP contribution in [0.5, 0.6) is 0 Å². The van der Waals surface area contributed by atoms with E-state index >= 15 is 0 Å². The van der Waals surface area contributed by atoms with Crippen molar-refractivity contribution in [3.8, 4) is 0 Å². The van der Waals surface area contributed by atoms with Gasteiger partial charge in [-0.05, 0) is 23.8 Å². The number of hydrogen-bond donors (Lipinski definition) is 0. The number of carbonyl (C=O) groups excluding carboxylic acids is 1. The van der Waals surface area contributed by atoms with E-state index in [2.05, 4.69) is 4.98 Å². The van der Waals surface area contributed by atoms with Crippen LogP contribution < -0.4 is 0 Å². The second-order valence-electron chi connectivity index (χ2n) is 3.73. The van der Waals surface area contributed by atoms with Crippen molar-refractivity contribution in [1.29, 1.82) is 0 Å². The predicted octanol–water partition coefficient (Wildman–Crippen LogP) is 3.81. The van der Waals surface area contributed by atoms with E-state index in [0.29, 0.717) is 16.3 Å². The predicted molar refractivity (Wildman–Crippen MR) is 76.6 cm³/mol. The van der Waals surface area contributed by atoms with Crippen LogP contribution in [0, 0.1) is 0 Å². The summed E-state index contributed by atoms with van der Waals surface area (Å²) in [5, 5.41) is 1.37. The van der Waals surface area contributed by atoms with Crippen LogP contribution in [-0.2, 0) is 10.5 Å². The molecule has 0 saturated heterocycles. The summed E-state index contributed by atoms with van der Waals surface area (Å²) in [7, 11) is 1.38. The number of nitrogens with zero attached hydrogens (tertiary/aromatic N) is 1. The average molecular weight is 294 g/mol. The van der Waals surface area contributed by atoms with E-state index in [1.807, 2.05) is 18.2 Å². The molecule has 0 saturated carbocycles. The summed E-state index contributed by atoms with van der Waals surface area (Å²) in [6, 6.07) is 10.9. The molecule has 0 atom stereocenters. The fourth-order valence-electron chi connectivity index (χ4n) is 1.58. The van der Waals surface area contributed by atoms with Gasteiger partial charge in [-0.1, -0.05) is 29.8 Å². The zero-order valence-corrected chi connectivity index (χ0v) is 11.9. The molecule has 2 aromatic rings. The van der Waals surface area contributed by atoms with Gasteiger partial charge in [0, 0.05) is 11.9 Å². The number of rotatable bonds is 4. The van der Waals surface area contributed by atoms with Gasteiger partial charge in [0.1, 0.15) is 5.03 Å². The molecule has 1 aromatic carbocycles. The number of thioether (sulfide) groups is 1. The Hall–Kier alpha value is -1.52. The van der Waals surface area contributed by atoms with Gasteiger partial charge in [-0.3, -0.25) is 0 Å². The zero-order valence-electron chi connectivity index (χ0n) is 10.3. The second kappa shape index (κ2) is 6.59. The molecule has 19 heavy (non-hydrogen) atoms. The molecule has 1 heterocycles. The molecule has 0 fully saturated rings. The van der Waals surface area contributed by atoms with Gasteiger partial charge in [-0.25, -0.2) is 9.78 Å². The molecule has 0 unspecified atom stereocenters. The largest absolute Gasteiger partial charge is 0.465 e. The summed E-state index contributed by atoms with van der Waals surface area (Å²) in [6.45, 7) is 0. The van der Waals surface area contributed by atoms with Gasteiger partial charge in [-0.15, -0.1) is 11.8 Å². The van der Waals surface area contributed by atoms with Crippen LogP contribution >= 0.6 is 23.4 Å². The zero-order chi connectivity index (χ0) is 13.7. The molecule has 2 rings (SSSR count). The van der Waals surface area contributed by atoms with Crippen molar-refractivity contribution in [1.82, 2.24) is 4.98 Å². The molecule has 0 spiro atoms. The van der Waals surface area contributed by atoms with Crippen LogP contribution in [0.3, 0.4) is 0 Å². The second-order valence-corrected chi connectivity index (χ2v) is 5.10. The normalized spacial score (nSPS) is 10.2. The van der Waals surface area contributed by atoms with Crippen LogP contribution in [0.1, 0.15) is 15.9 Å². The Morgan fingerprint density at radius 2 is 2.11 bits per heavy atom. The third-order valence-electron chi connectivity index (χ3n) is 2.51. The van der Waals surface area contributed by atoms with Gasteiger partial charge >= 0.3 is 5.97 Å². The Labute approximate surface area is 121 Å². The maximum Gasteiger partial charge on any atom is 0.338 e. The number of hydrogen-bond acceptors (Lipinski definition) is 4. The smallest absolute Gasteiger partial charge is 0.338 e. The summed E-state index contributed by atoms with van der Waals surface area (Å²) >= 11 is 7.54. The first-order chi connectivity index (χ1) is 9.22. The van der Waals surface area contributed by atoms with Crippen molar-refractivity contribution >= 4 is 29.3 Å². The van der Waals surface area contributed by atoms with Crippen molar-refractivity contribution < 1.29 is 9.53 Å². The summed E-state index contributed by atoms with van der Waals surface area (Å²) in [5.41, 5.74) is 1.48. The molecule has 5 heteroatoms.